The molecule has 2 aromatic heterocycles. The van der Waals surface area contributed by atoms with E-state index >= 15 is 0 Å². The number of benzene rings is 1. The highest BCUT2D eigenvalue weighted by atomic mass is 32.1. The lowest BCUT2D eigenvalue weighted by Gasteiger charge is -2.30. The van der Waals surface area contributed by atoms with Gasteiger partial charge in [-0.3, -0.25) is 4.90 Å². The lowest BCUT2D eigenvalue weighted by molar-refractivity contribution is 0.0331. The van der Waals surface area contributed by atoms with Crippen LogP contribution in [0.15, 0.2) is 35.7 Å². The van der Waals surface area contributed by atoms with Crippen LogP contribution in [0.3, 0.4) is 0 Å². The third-order valence-electron chi connectivity index (χ3n) is 5.97. The molecule has 4 heterocycles. The van der Waals surface area contributed by atoms with E-state index in [-0.39, 0.29) is 0 Å². The van der Waals surface area contributed by atoms with Crippen LogP contribution in [0.25, 0.3) is 21.3 Å². The number of rotatable bonds is 4. The number of hydrogen-bond acceptors (Lipinski definition) is 7. The maximum absolute atomic E-state index is 5.77. The predicted octanol–water partition coefficient (Wildman–Crippen LogP) is 3.81. The summed E-state index contributed by atoms with van der Waals surface area (Å²) in [5.74, 6) is 1.96. The third-order valence-corrected chi connectivity index (χ3v) is 6.85. The Hall–Kier alpha value is -2.06. The number of hydrogen-bond donors (Lipinski definition) is 0. The number of ether oxygens (including phenoxy) is 2. The maximum atomic E-state index is 5.77. The predicted molar refractivity (Wildman–Crippen MR) is 121 cm³/mol. The van der Waals surface area contributed by atoms with E-state index in [0.717, 1.165) is 75.5 Å². The molecule has 1 aromatic carbocycles. The summed E-state index contributed by atoms with van der Waals surface area (Å²) in [5, 5.41) is 3.40. The Labute approximate surface area is 181 Å². The summed E-state index contributed by atoms with van der Waals surface area (Å²) >= 11 is 1.72. The number of thiophene rings is 1. The molecule has 158 valence electrons. The lowest BCUT2D eigenvalue weighted by Crippen LogP contribution is -2.37. The quantitative estimate of drug-likeness (QED) is 0.635. The number of aromatic nitrogens is 2. The van der Waals surface area contributed by atoms with Crippen molar-refractivity contribution >= 4 is 27.4 Å². The SMILES string of the molecule is CC1CCOCCN1c1nc(CN2CCOCC2)nc2scc(-c3ccccc3)c12. The molecule has 2 saturated heterocycles. The lowest BCUT2D eigenvalue weighted by atomic mass is 10.1. The molecule has 30 heavy (non-hydrogen) atoms. The van der Waals surface area contributed by atoms with Gasteiger partial charge in [-0.05, 0) is 18.9 Å². The van der Waals surface area contributed by atoms with E-state index in [2.05, 4.69) is 52.4 Å². The first-order chi connectivity index (χ1) is 14.8. The van der Waals surface area contributed by atoms with Crippen molar-refractivity contribution in [2.45, 2.75) is 25.9 Å². The van der Waals surface area contributed by atoms with Crippen LogP contribution < -0.4 is 4.90 Å². The summed E-state index contributed by atoms with van der Waals surface area (Å²) in [5.41, 5.74) is 2.44. The molecule has 0 bridgehead atoms. The zero-order chi connectivity index (χ0) is 20.3. The summed E-state index contributed by atoms with van der Waals surface area (Å²) in [7, 11) is 0. The molecule has 0 saturated carbocycles. The minimum absolute atomic E-state index is 0.380. The van der Waals surface area contributed by atoms with Crippen LogP contribution in [-0.4, -0.2) is 67.0 Å². The van der Waals surface area contributed by atoms with E-state index in [4.69, 9.17) is 19.4 Å². The first-order valence-electron chi connectivity index (χ1n) is 10.8. The minimum Gasteiger partial charge on any atom is -0.380 e. The highest BCUT2D eigenvalue weighted by Crippen LogP contribution is 2.39. The van der Waals surface area contributed by atoms with Crippen LogP contribution in [0.2, 0.25) is 0 Å². The molecule has 5 rings (SSSR count). The van der Waals surface area contributed by atoms with Gasteiger partial charge in [-0.25, -0.2) is 9.97 Å². The van der Waals surface area contributed by atoms with Crippen LogP contribution in [0.4, 0.5) is 5.82 Å². The van der Waals surface area contributed by atoms with Crippen LogP contribution in [0, 0.1) is 0 Å². The van der Waals surface area contributed by atoms with E-state index in [1.807, 2.05) is 0 Å². The molecular weight excluding hydrogens is 396 g/mol. The molecule has 1 atom stereocenters. The van der Waals surface area contributed by atoms with Crippen molar-refractivity contribution in [3.05, 3.63) is 41.5 Å². The average molecular weight is 425 g/mol. The van der Waals surface area contributed by atoms with E-state index in [1.165, 1.54) is 16.5 Å². The Balaban J connectivity index is 1.61. The first kappa shape index (κ1) is 19.9. The molecular formula is C23H28N4O2S. The Kier molecular flexibility index (Phi) is 5.95. The zero-order valence-corrected chi connectivity index (χ0v) is 18.2. The Bertz CT molecular complexity index is 988. The van der Waals surface area contributed by atoms with E-state index in [9.17, 15) is 0 Å². The largest absolute Gasteiger partial charge is 0.380 e. The van der Waals surface area contributed by atoms with Gasteiger partial charge in [0.25, 0.3) is 0 Å². The normalized spacial score (nSPS) is 21.1. The van der Waals surface area contributed by atoms with Crippen LogP contribution in [0.5, 0.6) is 0 Å². The summed E-state index contributed by atoms with van der Waals surface area (Å²) in [6, 6.07) is 11.0. The Morgan fingerprint density at radius 3 is 2.60 bits per heavy atom. The second-order valence-electron chi connectivity index (χ2n) is 7.99. The van der Waals surface area contributed by atoms with Crippen molar-refractivity contribution in [1.82, 2.24) is 14.9 Å². The number of anilines is 1. The Morgan fingerprint density at radius 2 is 1.77 bits per heavy atom. The number of morpholine rings is 1. The van der Waals surface area contributed by atoms with Crippen molar-refractivity contribution in [2.75, 3.05) is 51.0 Å². The van der Waals surface area contributed by atoms with Gasteiger partial charge < -0.3 is 14.4 Å². The molecule has 0 aliphatic carbocycles. The van der Waals surface area contributed by atoms with Crippen molar-refractivity contribution in [3.8, 4) is 11.1 Å². The van der Waals surface area contributed by atoms with Gasteiger partial charge >= 0.3 is 0 Å². The van der Waals surface area contributed by atoms with Gasteiger partial charge in [0.05, 0.1) is 31.8 Å². The van der Waals surface area contributed by atoms with E-state index in [1.54, 1.807) is 11.3 Å². The molecule has 1 unspecified atom stereocenters. The molecule has 0 radical (unpaired) electrons. The van der Waals surface area contributed by atoms with Gasteiger partial charge in [0.15, 0.2) is 0 Å². The number of nitrogens with zero attached hydrogens (tertiary/aromatic N) is 4. The molecule has 2 aliphatic rings. The summed E-state index contributed by atoms with van der Waals surface area (Å²) in [6.45, 7) is 8.88. The molecule has 0 amide bonds. The van der Waals surface area contributed by atoms with E-state index < -0.39 is 0 Å². The van der Waals surface area contributed by atoms with Gasteiger partial charge in [0.1, 0.15) is 16.5 Å². The van der Waals surface area contributed by atoms with Crippen LogP contribution >= 0.6 is 11.3 Å². The summed E-state index contributed by atoms with van der Waals surface area (Å²) < 4.78 is 11.3. The average Bonchev–Trinajstić information content (AvgIpc) is 3.09. The minimum atomic E-state index is 0.380. The van der Waals surface area contributed by atoms with Gasteiger partial charge in [-0.15, -0.1) is 11.3 Å². The highest BCUT2D eigenvalue weighted by molar-refractivity contribution is 7.17. The third kappa shape index (κ3) is 4.07. The van der Waals surface area contributed by atoms with Gasteiger partial charge in [-0.1, -0.05) is 30.3 Å². The smallest absolute Gasteiger partial charge is 0.146 e. The zero-order valence-electron chi connectivity index (χ0n) is 17.4. The molecule has 2 aliphatic heterocycles. The van der Waals surface area contributed by atoms with Gasteiger partial charge in [0.2, 0.25) is 0 Å². The monoisotopic (exact) mass is 424 g/mol. The topological polar surface area (TPSA) is 50.7 Å². The first-order valence-corrected chi connectivity index (χ1v) is 11.7. The molecule has 7 heteroatoms. The summed E-state index contributed by atoms with van der Waals surface area (Å²) in [6.07, 6.45) is 1.01. The molecule has 0 spiro atoms. The van der Waals surface area contributed by atoms with E-state index in [0.29, 0.717) is 6.04 Å². The van der Waals surface area contributed by atoms with Crippen LogP contribution in [-0.2, 0) is 16.0 Å². The molecule has 2 fully saturated rings. The highest BCUT2D eigenvalue weighted by Gasteiger charge is 2.25. The molecule has 3 aromatic rings. The van der Waals surface area contributed by atoms with Crippen molar-refractivity contribution < 1.29 is 9.47 Å². The van der Waals surface area contributed by atoms with Crippen molar-refractivity contribution in [3.63, 3.8) is 0 Å². The maximum Gasteiger partial charge on any atom is 0.146 e. The van der Waals surface area contributed by atoms with Crippen molar-refractivity contribution in [1.29, 1.82) is 0 Å². The fraction of sp³-hybridized carbons (Fsp3) is 0.478. The fourth-order valence-corrected chi connectivity index (χ4v) is 5.20. The number of fused-ring (bicyclic) bond motifs is 1. The second-order valence-corrected chi connectivity index (χ2v) is 8.85. The van der Waals surface area contributed by atoms with Gasteiger partial charge in [0, 0.05) is 43.2 Å². The van der Waals surface area contributed by atoms with Gasteiger partial charge in [-0.2, -0.15) is 0 Å². The van der Waals surface area contributed by atoms with Crippen molar-refractivity contribution in [2.24, 2.45) is 0 Å². The van der Waals surface area contributed by atoms with Crippen LogP contribution in [0.1, 0.15) is 19.2 Å². The Morgan fingerprint density at radius 1 is 1.00 bits per heavy atom. The standard InChI is InChI=1S/C23H28N4O2S/c1-17-7-11-28-14-10-27(17)22-21-19(18-5-3-2-4-6-18)16-30-23(21)25-20(24-22)15-26-8-12-29-13-9-26/h2-6,16-17H,7-15H2,1H3. The molecule has 6 nitrogen and oxygen atoms in total. The fourth-order valence-electron chi connectivity index (χ4n) is 4.24. The summed E-state index contributed by atoms with van der Waals surface area (Å²) in [4.78, 5) is 16.0. The molecule has 0 N–H and O–H groups in total. The second kappa shape index (κ2) is 8.98.